The van der Waals surface area contributed by atoms with Crippen molar-refractivity contribution in [2.24, 2.45) is 5.92 Å². The summed E-state index contributed by atoms with van der Waals surface area (Å²) in [4.78, 5) is 3.24. The van der Waals surface area contributed by atoms with Gasteiger partial charge in [-0.05, 0) is 30.9 Å². The van der Waals surface area contributed by atoms with Gasteiger partial charge >= 0.3 is 0 Å². The Bertz CT molecular complexity index is 323. The summed E-state index contributed by atoms with van der Waals surface area (Å²) >= 11 is 5.68. The minimum absolute atomic E-state index is 0.355. The van der Waals surface area contributed by atoms with Crippen LogP contribution in [0.15, 0.2) is 12.1 Å². The van der Waals surface area contributed by atoms with E-state index in [1.807, 2.05) is 11.3 Å². The van der Waals surface area contributed by atoms with Crippen molar-refractivity contribution in [1.29, 1.82) is 0 Å². The summed E-state index contributed by atoms with van der Waals surface area (Å²) in [6.07, 6.45) is 2.68. The van der Waals surface area contributed by atoms with E-state index in [-0.39, 0.29) is 0 Å². The van der Waals surface area contributed by atoms with Gasteiger partial charge in [0.25, 0.3) is 0 Å². The van der Waals surface area contributed by atoms with Crippen molar-refractivity contribution < 1.29 is 4.74 Å². The number of hydrogen-bond acceptors (Lipinski definition) is 2. The third-order valence-corrected chi connectivity index (χ3v) is 5.67. The van der Waals surface area contributed by atoms with Crippen LogP contribution < -0.4 is 0 Å². The fourth-order valence-corrected chi connectivity index (χ4v) is 4.06. The minimum Gasteiger partial charge on any atom is -0.376 e. The predicted molar refractivity (Wildman–Crippen MR) is 68.9 cm³/mol. The molecule has 15 heavy (non-hydrogen) atoms. The second kappa shape index (κ2) is 4.98. The Morgan fingerprint density at radius 3 is 2.93 bits per heavy atom. The monoisotopic (exact) mass is 288 g/mol. The summed E-state index contributed by atoms with van der Waals surface area (Å²) in [5.74, 6) is 0.668. The van der Waals surface area contributed by atoms with Crippen molar-refractivity contribution in [2.75, 3.05) is 6.61 Å². The molecule has 3 atom stereocenters. The zero-order chi connectivity index (χ0) is 10.8. The van der Waals surface area contributed by atoms with Gasteiger partial charge in [-0.2, -0.15) is 0 Å². The summed E-state index contributed by atoms with van der Waals surface area (Å²) in [7, 11) is 0. The third-order valence-electron chi connectivity index (χ3n) is 3.04. The van der Waals surface area contributed by atoms with Gasteiger partial charge in [-0.15, -0.1) is 11.3 Å². The highest BCUT2D eigenvalue weighted by molar-refractivity contribution is 9.09. The molecule has 0 bridgehead atoms. The summed E-state index contributed by atoms with van der Waals surface area (Å²) < 4.78 is 5.78. The molecule has 1 fully saturated rings. The van der Waals surface area contributed by atoms with Crippen LogP contribution in [0, 0.1) is 5.92 Å². The molecule has 1 aromatic rings. The molecule has 3 unspecified atom stereocenters. The lowest BCUT2D eigenvalue weighted by atomic mass is 10.0. The first-order chi connectivity index (χ1) is 7.22. The maximum Gasteiger partial charge on any atom is 0.0775 e. The fraction of sp³-hybridized carbons (Fsp3) is 0.667. The van der Waals surface area contributed by atoms with E-state index in [2.05, 4.69) is 41.9 Å². The number of ether oxygens (including phenoxy) is 1. The molecule has 0 spiro atoms. The zero-order valence-electron chi connectivity index (χ0n) is 9.20. The number of rotatable bonds is 3. The molecule has 84 valence electrons. The van der Waals surface area contributed by atoms with Crippen LogP contribution in [-0.4, -0.2) is 12.7 Å². The average molecular weight is 289 g/mol. The molecule has 3 heteroatoms. The van der Waals surface area contributed by atoms with Crippen LogP contribution in [0.2, 0.25) is 0 Å². The van der Waals surface area contributed by atoms with Crippen LogP contribution in [-0.2, 0) is 11.2 Å². The summed E-state index contributed by atoms with van der Waals surface area (Å²) in [6, 6.07) is 4.46. The van der Waals surface area contributed by atoms with Crippen LogP contribution in [0.25, 0.3) is 0 Å². The minimum atomic E-state index is 0.355. The lowest BCUT2D eigenvalue weighted by Crippen LogP contribution is -2.18. The van der Waals surface area contributed by atoms with E-state index in [0.29, 0.717) is 16.8 Å². The second-order valence-electron chi connectivity index (χ2n) is 4.16. The van der Waals surface area contributed by atoms with Crippen molar-refractivity contribution >= 4 is 27.3 Å². The standard InChI is InChI=1S/C12H17BrOS/c1-3-9-4-5-10(15-9)11(13)12-8(2)6-7-14-12/h4-5,8,11-12H,3,6-7H2,1-2H3. The van der Waals surface area contributed by atoms with Gasteiger partial charge in [0.1, 0.15) is 0 Å². The number of hydrogen-bond donors (Lipinski definition) is 0. The second-order valence-corrected chi connectivity index (χ2v) is 6.35. The van der Waals surface area contributed by atoms with Crippen LogP contribution in [0.1, 0.15) is 34.8 Å². The maximum atomic E-state index is 5.78. The number of aryl methyl sites for hydroxylation is 1. The molecule has 1 aromatic heterocycles. The van der Waals surface area contributed by atoms with E-state index in [9.17, 15) is 0 Å². The van der Waals surface area contributed by atoms with E-state index in [1.165, 1.54) is 16.2 Å². The lowest BCUT2D eigenvalue weighted by Gasteiger charge is -2.19. The number of alkyl halides is 1. The smallest absolute Gasteiger partial charge is 0.0775 e. The van der Waals surface area contributed by atoms with Gasteiger partial charge in [0.2, 0.25) is 0 Å². The Labute approximate surface area is 104 Å². The highest BCUT2D eigenvalue weighted by atomic mass is 79.9. The molecule has 1 saturated heterocycles. The number of halogens is 1. The zero-order valence-corrected chi connectivity index (χ0v) is 11.6. The molecular formula is C12H17BrOS. The molecular weight excluding hydrogens is 272 g/mol. The van der Waals surface area contributed by atoms with Crippen LogP contribution >= 0.6 is 27.3 Å². The Hall–Kier alpha value is 0.140. The van der Waals surface area contributed by atoms with Crippen molar-refractivity contribution in [1.82, 2.24) is 0 Å². The van der Waals surface area contributed by atoms with E-state index in [0.717, 1.165) is 13.0 Å². The van der Waals surface area contributed by atoms with Crippen molar-refractivity contribution in [3.05, 3.63) is 21.9 Å². The first-order valence-electron chi connectivity index (χ1n) is 5.56. The van der Waals surface area contributed by atoms with Gasteiger partial charge in [-0.3, -0.25) is 0 Å². The quantitative estimate of drug-likeness (QED) is 0.759. The van der Waals surface area contributed by atoms with E-state index >= 15 is 0 Å². The maximum absolute atomic E-state index is 5.78. The molecule has 1 nitrogen and oxygen atoms in total. The van der Waals surface area contributed by atoms with Crippen molar-refractivity contribution in [2.45, 2.75) is 37.6 Å². The Balaban J connectivity index is 2.09. The SMILES string of the molecule is CCc1ccc(C(Br)C2OCCC2C)s1. The van der Waals surface area contributed by atoms with E-state index < -0.39 is 0 Å². The molecule has 1 aliphatic rings. The van der Waals surface area contributed by atoms with Crippen molar-refractivity contribution in [3.63, 3.8) is 0 Å². The van der Waals surface area contributed by atoms with E-state index in [4.69, 9.17) is 4.74 Å². The topological polar surface area (TPSA) is 9.23 Å². The Kier molecular flexibility index (Phi) is 3.86. The summed E-state index contributed by atoms with van der Waals surface area (Å²) in [5.41, 5.74) is 0. The first-order valence-corrected chi connectivity index (χ1v) is 7.30. The molecule has 1 aliphatic heterocycles. The Morgan fingerprint density at radius 1 is 1.60 bits per heavy atom. The van der Waals surface area contributed by atoms with Gasteiger partial charge in [-0.25, -0.2) is 0 Å². The van der Waals surface area contributed by atoms with Crippen molar-refractivity contribution in [3.8, 4) is 0 Å². The molecule has 0 aliphatic carbocycles. The highest BCUT2D eigenvalue weighted by Gasteiger charge is 2.32. The number of thiophene rings is 1. The molecule has 0 radical (unpaired) electrons. The van der Waals surface area contributed by atoms with Gasteiger partial charge in [0.05, 0.1) is 10.9 Å². The molecule has 0 N–H and O–H groups in total. The molecule has 2 rings (SSSR count). The van der Waals surface area contributed by atoms with E-state index in [1.54, 1.807) is 0 Å². The summed E-state index contributed by atoms with van der Waals surface area (Å²) in [6.45, 7) is 5.40. The average Bonchev–Trinajstić information content (AvgIpc) is 2.84. The van der Waals surface area contributed by atoms with Crippen LogP contribution in [0.5, 0.6) is 0 Å². The largest absolute Gasteiger partial charge is 0.376 e. The molecule has 0 amide bonds. The first kappa shape index (κ1) is 11.6. The molecule has 0 saturated carbocycles. The highest BCUT2D eigenvalue weighted by Crippen LogP contribution is 2.39. The normalized spacial score (nSPS) is 28.2. The Morgan fingerprint density at radius 2 is 2.40 bits per heavy atom. The van der Waals surface area contributed by atoms with Gasteiger partial charge < -0.3 is 4.74 Å². The van der Waals surface area contributed by atoms with Gasteiger partial charge in [0, 0.05) is 16.4 Å². The molecule has 2 heterocycles. The summed E-state index contributed by atoms with van der Waals surface area (Å²) in [5, 5.41) is 0. The van der Waals surface area contributed by atoms with Gasteiger partial charge in [0.15, 0.2) is 0 Å². The predicted octanol–water partition coefficient (Wildman–Crippen LogP) is 4.17. The van der Waals surface area contributed by atoms with Crippen LogP contribution in [0.4, 0.5) is 0 Å². The van der Waals surface area contributed by atoms with Gasteiger partial charge in [-0.1, -0.05) is 29.8 Å². The lowest BCUT2D eigenvalue weighted by molar-refractivity contribution is 0.0941. The molecule has 0 aromatic carbocycles. The third kappa shape index (κ3) is 2.45. The van der Waals surface area contributed by atoms with Crippen LogP contribution in [0.3, 0.4) is 0 Å². The fourth-order valence-electron chi connectivity index (χ4n) is 1.99.